The van der Waals surface area contributed by atoms with Crippen LogP contribution in [0.25, 0.3) is 0 Å². The third-order valence-electron chi connectivity index (χ3n) is 1.92. The van der Waals surface area contributed by atoms with Gasteiger partial charge in [-0.25, -0.2) is 0 Å². The van der Waals surface area contributed by atoms with Gasteiger partial charge in [0.2, 0.25) is 0 Å². The number of nitrogens with one attached hydrogen (secondary N) is 1. The van der Waals surface area contributed by atoms with Gasteiger partial charge < -0.3 is 4.74 Å². The molecule has 1 unspecified atom stereocenters. The minimum Gasteiger partial charge on any atom is -0.382 e. The molecule has 0 saturated carbocycles. The van der Waals surface area contributed by atoms with Crippen molar-refractivity contribution in [3.05, 3.63) is 0 Å². The summed E-state index contributed by atoms with van der Waals surface area (Å²) in [4.78, 5) is 0. The van der Waals surface area contributed by atoms with Crippen LogP contribution in [0, 0.1) is 12.3 Å². The smallest absolute Gasteiger partial charge is 0.0481 e. The zero-order valence-electron chi connectivity index (χ0n) is 8.38. The molecule has 0 radical (unpaired) electrons. The van der Waals surface area contributed by atoms with Crippen molar-refractivity contribution in [2.75, 3.05) is 13.2 Å². The number of unbranched alkanes of at least 4 members (excludes halogenated alkanes) is 1. The van der Waals surface area contributed by atoms with Crippen molar-refractivity contribution in [2.45, 2.75) is 38.6 Å². The number of rotatable bonds is 8. The van der Waals surface area contributed by atoms with E-state index in [0.29, 0.717) is 6.04 Å². The number of ether oxygens (including phenoxy) is 1. The minimum atomic E-state index is 0.333. The Morgan fingerprint density at radius 2 is 2.31 bits per heavy atom. The van der Waals surface area contributed by atoms with Gasteiger partial charge in [0.25, 0.3) is 0 Å². The lowest BCUT2D eigenvalue weighted by atomic mass is 10.1. The number of hydrogen-bond acceptors (Lipinski definition) is 3. The Morgan fingerprint density at radius 1 is 1.54 bits per heavy atom. The van der Waals surface area contributed by atoms with Crippen LogP contribution in [0.3, 0.4) is 0 Å². The molecule has 1 atom stereocenters. The predicted octanol–water partition coefficient (Wildman–Crippen LogP) is 1.05. The molecule has 0 bridgehead atoms. The summed E-state index contributed by atoms with van der Waals surface area (Å²) in [6.07, 6.45) is 8.98. The van der Waals surface area contributed by atoms with E-state index in [1.807, 2.05) is 6.92 Å². The van der Waals surface area contributed by atoms with Gasteiger partial charge in [-0.1, -0.05) is 0 Å². The van der Waals surface area contributed by atoms with E-state index in [1.165, 1.54) is 0 Å². The molecule has 0 heterocycles. The van der Waals surface area contributed by atoms with Crippen molar-refractivity contribution in [3.8, 4) is 12.3 Å². The van der Waals surface area contributed by atoms with E-state index in [4.69, 9.17) is 17.0 Å². The average molecular weight is 184 g/mol. The second-order valence-electron chi connectivity index (χ2n) is 2.95. The maximum absolute atomic E-state index is 5.38. The van der Waals surface area contributed by atoms with Crippen LogP contribution in [0.5, 0.6) is 0 Å². The molecular formula is C10H20N2O. The molecule has 0 aliphatic heterocycles. The van der Waals surface area contributed by atoms with E-state index in [9.17, 15) is 0 Å². The molecule has 3 N–H and O–H groups in total. The van der Waals surface area contributed by atoms with E-state index in [1.54, 1.807) is 0 Å². The Labute approximate surface area is 81.0 Å². The largest absolute Gasteiger partial charge is 0.382 e. The predicted molar refractivity (Wildman–Crippen MR) is 54.9 cm³/mol. The second-order valence-corrected chi connectivity index (χ2v) is 2.95. The molecule has 0 aromatic rings. The van der Waals surface area contributed by atoms with Gasteiger partial charge in [-0.05, 0) is 26.2 Å². The maximum atomic E-state index is 5.38. The first-order valence-corrected chi connectivity index (χ1v) is 4.82. The summed E-state index contributed by atoms with van der Waals surface area (Å²) >= 11 is 0. The minimum absolute atomic E-state index is 0.333. The van der Waals surface area contributed by atoms with E-state index in [-0.39, 0.29) is 0 Å². The van der Waals surface area contributed by atoms with Crippen molar-refractivity contribution in [2.24, 2.45) is 5.84 Å². The molecule has 0 aromatic carbocycles. The van der Waals surface area contributed by atoms with Gasteiger partial charge in [0.1, 0.15) is 0 Å². The number of hydrogen-bond donors (Lipinski definition) is 2. The first kappa shape index (κ1) is 12.4. The Morgan fingerprint density at radius 3 is 2.85 bits per heavy atom. The Balaban J connectivity index is 3.35. The summed E-state index contributed by atoms with van der Waals surface area (Å²) in [6.45, 7) is 3.52. The molecule has 0 saturated heterocycles. The van der Waals surface area contributed by atoms with Crippen LogP contribution in [0.1, 0.15) is 32.6 Å². The van der Waals surface area contributed by atoms with Crippen molar-refractivity contribution in [1.82, 2.24) is 5.43 Å². The topological polar surface area (TPSA) is 47.3 Å². The normalized spacial score (nSPS) is 12.4. The number of terminal acetylenes is 1. The van der Waals surface area contributed by atoms with Crippen LogP contribution in [0.2, 0.25) is 0 Å². The SMILES string of the molecule is C#CCCCC(CCOCC)NN. The lowest BCUT2D eigenvalue weighted by Crippen LogP contribution is -2.35. The summed E-state index contributed by atoms with van der Waals surface area (Å²) in [5.74, 6) is 7.99. The van der Waals surface area contributed by atoms with E-state index in [2.05, 4.69) is 11.3 Å². The molecule has 0 aliphatic rings. The molecule has 0 aliphatic carbocycles. The lowest BCUT2D eigenvalue weighted by Gasteiger charge is -2.14. The summed E-state index contributed by atoms with van der Waals surface area (Å²) in [6, 6.07) is 0.333. The first-order chi connectivity index (χ1) is 6.35. The van der Waals surface area contributed by atoms with Crippen LogP contribution in [0.15, 0.2) is 0 Å². The van der Waals surface area contributed by atoms with Gasteiger partial charge in [-0.3, -0.25) is 11.3 Å². The highest BCUT2D eigenvalue weighted by molar-refractivity contribution is 4.83. The maximum Gasteiger partial charge on any atom is 0.0481 e. The molecule has 3 heteroatoms. The van der Waals surface area contributed by atoms with Crippen molar-refractivity contribution in [3.63, 3.8) is 0 Å². The fourth-order valence-electron chi connectivity index (χ4n) is 1.13. The summed E-state index contributed by atoms with van der Waals surface area (Å²) in [5, 5.41) is 0. The van der Waals surface area contributed by atoms with Crippen LogP contribution in [0.4, 0.5) is 0 Å². The Kier molecular flexibility index (Phi) is 9.12. The number of hydrazine groups is 1. The van der Waals surface area contributed by atoms with E-state index in [0.717, 1.165) is 38.9 Å². The van der Waals surface area contributed by atoms with Gasteiger partial charge >= 0.3 is 0 Å². The van der Waals surface area contributed by atoms with Gasteiger partial charge in [0, 0.05) is 25.7 Å². The third-order valence-corrected chi connectivity index (χ3v) is 1.92. The van der Waals surface area contributed by atoms with Gasteiger partial charge in [-0.2, -0.15) is 0 Å². The Bertz CT molecular complexity index is 142. The second kappa shape index (κ2) is 9.53. The zero-order chi connectivity index (χ0) is 9.94. The van der Waals surface area contributed by atoms with Crippen molar-refractivity contribution in [1.29, 1.82) is 0 Å². The standard InChI is InChI=1S/C10H20N2O/c1-3-5-6-7-10(12-11)8-9-13-4-2/h1,10,12H,4-9,11H2,2H3. The van der Waals surface area contributed by atoms with Crippen LogP contribution in [-0.2, 0) is 4.74 Å². The first-order valence-electron chi connectivity index (χ1n) is 4.82. The number of nitrogens with two attached hydrogens (primary N) is 1. The molecule has 0 aromatic heterocycles. The van der Waals surface area contributed by atoms with Crippen LogP contribution >= 0.6 is 0 Å². The molecule has 0 amide bonds. The van der Waals surface area contributed by atoms with E-state index < -0.39 is 0 Å². The summed E-state index contributed by atoms with van der Waals surface area (Å²) in [5.41, 5.74) is 2.77. The highest BCUT2D eigenvalue weighted by atomic mass is 16.5. The molecule has 13 heavy (non-hydrogen) atoms. The average Bonchev–Trinajstić information content (AvgIpc) is 2.16. The summed E-state index contributed by atoms with van der Waals surface area (Å²) in [7, 11) is 0. The third kappa shape index (κ3) is 7.79. The molecule has 0 fully saturated rings. The fraction of sp³-hybridized carbons (Fsp3) is 0.800. The molecule has 76 valence electrons. The monoisotopic (exact) mass is 184 g/mol. The fourth-order valence-corrected chi connectivity index (χ4v) is 1.13. The molecule has 0 spiro atoms. The van der Waals surface area contributed by atoms with Crippen molar-refractivity contribution >= 4 is 0 Å². The summed E-state index contributed by atoms with van der Waals surface area (Å²) < 4.78 is 5.24. The highest BCUT2D eigenvalue weighted by Gasteiger charge is 2.04. The van der Waals surface area contributed by atoms with Crippen LogP contribution in [-0.4, -0.2) is 19.3 Å². The molecule has 3 nitrogen and oxygen atoms in total. The zero-order valence-corrected chi connectivity index (χ0v) is 8.38. The quantitative estimate of drug-likeness (QED) is 0.256. The lowest BCUT2D eigenvalue weighted by molar-refractivity contribution is 0.135. The van der Waals surface area contributed by atoms with Crippen molar-refractivity contribution < 1.29 is 4.74 Å². The Hall–Kier alpha value is -0.560. The van der Waals surface area contributed by atoms with E-state index >= 15 is 0 Å². The van der Waals surface area contributed by atoms with Gasteiger partial charge in [0.05, 0.1) is 0 Å². The molecular weight excluding hydrogens is 164 g/mol. The van der Waals surface area contributed by atoms with Crippen LogP contribution < -0.4 is 11.3 Å². The highest BCUT2D eigenvalue weighted by Crippen LogP contribution is 2.03. The molecule has 0 rings (SSSR count). The van der Waals surface area contributed by atoms with Gasteiger partial charge in [0.15, 0.2) is 0 Å². The van der Waals surface area contributed by atoms with Gasteiger partial charge in [-0.15, -0.1) is 12.3 Å².